The Balaban J connectivity index is 1.69. The number of aryl methyl sites for hydroxylation is 1. The molecule has 0 heterocycles. The first kappa shape index (κ1) is 14.8. The maximum atomic E-state index is 10.1. The molecular formula is C18H27NOSi. The minimum Gasteiger partial charge on any atom is -0.507 e. The second-order valence-electron chi connectivity index (χ2n) is 8.06. The van der Waals surface area contributed by atoms with Crippen LogP contribution in [0.4, 0.5) is 0 Å². The molecule has 0 spiro atoms. The zero-order valence-corrected chi connectivity index (χ0v) is 14.6. The molecule has 2 aliphatic rings. The van der Waals surface area contributed by atoms with Gasteiger partial charge in [0.15, 0.2) is 0 Å². The van der Waals surface area contributed by atoms with E-state index in [4.69, 9.17) is 4.99 Å². The molecule has 1 N–H and O–H groups in total. The average Bonchev–Trinajstić information content (AvgIpc) is 2.99. The summed E-state index contributed by atoms with van der Waals surface area (Å²) in [6, 6.07) is 6.35. The summed E-state index contributed by atoms with van der Waals surface area (Å²) in [6.07, 6.45) is 5.94. The van der Waals surface area contributed by atoms with E-state index in [1.807, 2.05) is 31.3 Å². The highest BCUT2D eigenvalue weighted by atomic mass is 28.3. The van der Waals surface area contributed by atoms with Gasteiger partial charge in [-0.15, -0.1) is 0 Å². The van der Waals surface area contributed by atoms with Crippen LogP contribution in [0.5, 0.6) is 5.75 Å². The Labute approximate surface area is 129 Å². The molecule has 2 aliphatic carbocycles. The van der Waals surface area contributed by atoms with Gasteiger partial charge >= 0.3 is 0 Å². The van der Waals surface area contributed by atoms with Crippen molar-refractivity contribution >= 4 is 14.3 Å². The van der Waals surface area contributed by atoms with E-state index in [2.05, 4.69) is 19.6 Å². The van der Waals surface area contributed by atoms with Gasteiger partial charge in [0.2, 0.25) is 0 Å². The normalized spacial score (nSPS) is 32.2. The molecule has 2 saturated carbocycles. The van der Waals surface area contributed by atoms with Gasteiger partial charge in [0.25, 0.3) is 0 Å². The number of aromatic hydroxyl groups is 1. The van der Waals surface area contributed by atoms with Crippen LogP contribution in [0, 0.1) is 18.8 Å². The third kappa shape index (κ3) is 2.80. The van der Waals surface area contributed by atoms with Crippen molar-refractivity contribution in [2.24, 2.45) is 16.8 Å². The monoisotopic (exact) mass is 301 g/mol. The lowest BCUT2D eigenvalue weighted by molar-refractivity contribution is 0.414. The fourth-order valence-corrected chi connectivity index (χ4v) is 7.15. The van der Waals surface area contributed by atoms with Gasteiger partial charge in [-0.2, -0.15) is 0 Å². The third-order valence-corrected chi connectivity index (χ3v) is 8.54. The van der Waals surface area contributed by atoms with E-state index in [1.54, 1.807) is 0 Å². The third-order valence-electron chi connectivity index (χ3n) is 5.61. The van der Waals surface area contributed by atoms with Gasteiger partial charge in [-0.1, -0.05) is 31.8 Å². The fourth-order valence-electron chi connectivity index (χ4n) is 4.45. The van der Waals surface area contributed by atoms with E-state index in [1.165, 1.54) is 19.3 Å². The number of phenolic OH excluding ortho intramolecular Hbond substituents is 1. The van der Waals surface area contributed by atoms with Gasteiger partial charge in [-0.25, -0.2) is 0 Å². The maximum absolute atomic E-state index is 10.1. The van der Waals surface area contributed by atoms with Crippen LogP contribution in [-0.2, 0) is 0 Å². The number of para-hydroxylation sites is 1. The average molecular weight is 302 g/mol. The molecular weight excluding hydrogens is 274 g/mol. The highest BCUT2D eigenvalue weighted by Gasteiger charge is 2.49. The van der Waals surface area contributed by atoms with Crippen molar-refractivity contribution in [1.82, 2.24) is 0 Å². The van der Waals surface area contributed by atoms with Crippen molar-refractivity contribution in [2.75, 3.05) is 0 Å². The second kappa shape index (κ2) is 5.27. The largest absolute Gasteiger partial charge is 0.507 e. The van der Waals surface area contributed by atoms with Crippen LogP contribution >= 0.6 is 0 Å². The quantitative estimate of drug-likeness (QED) is 0.641. The summed E-state index contributed by atoms with van der Waals surface area (Å²) < 4.78 is 0. The topological polar surface area (TPSA) is 32.6 Å². The Morgan fingerprint density at radius 3 is 2.52 bits per heavy atom. The van der Waals surface area contributed by atoms with Crippen LogP contribution in [-0.4, -0.2) is 25.4 Å². The van der Waals surface area contributed by atoms with Gasteiger partial charge in [0.1, 0.15) is 5.75 Å². The van der Waals surface area contributed by atoms with Crippen LogP contribution in [0.15, 0.2) is 23.2 Å². The molecule has 2 bridgehead atoms. The molecule has 21 heavy (non-hydrogen) atoms. The van der Waals surface area contributed by atoms with Crippen molar-refractivity contribution in [1.29, 1.82) is 0 Å². The van der Waals surface area contributed by atoms with Crippen molar-refractivity contribution in [3.05, 3.63) is 29.3 Å². The highest BCUT2D eigenvalue weighted by molar-refractivity contribution is 6.77. The molecule has 1 aromatic rings. The number of hydrogen-bond acceptors (Lipinski definition) is 2. The number of phenols is 1. The zero-order chi connectivity index (χ0) is 15.2. The first-order valence-electron chi connectivity index (χ1n) is 8.18. The number of rotatable bonds is 3. The number of benzene rings is 1. The Bertz CT molecular complexity index is 561. The summed E-state index contributed by atoms with van der Waals surface area (Å²) in [5, 5.41) is 10.1. The smallest absolute Gasteiger partial charge is 0.127 e. The second-order valence-corrected chi connectivity index (χ2v) is 13.5. The van der Waals surface area contributed by atoms with Gasteiger partial charge in [0.05, 0.1) is 6.04 Å². The predicted octanol–water partition coefficient (Wildman–Crippen LogP) is 4.63. The van der Waals surface area contributed by atoms with E-state index in [0.29, 0.717) is 11.8 Å². The highest BCUT2D eigenvalue weighted by Crippen LogP contribution is 2.56. The molecule has 2 fully saturated rings. The molecule has 0 amide bonds. The van der Waals surface area contributed by atoms with E-state index < -0.39 is 8.07 Å². The van der Waals surface area contributed by atoms with Crippen molar-refractivity contribution < 1.29 is 5.11 Å². The SMILES string of the molecule is Cc1cccc(C=NC2CC3CC2CC3[Si](C)(C)C)c1O. The lowest BCUT2D eigenvalue weighted by Crippen LogP contribution is -2.34. The lowest BCUT2D eigenvalue weighted by Gasteiger charge is -2.34. The maximum Gasteiger partial charge on any atom is 0.127 e. The van der Waals surface area contributed by atoms with E-state index in [0.717, 1.165) is 28.5 Å². The summed E-state index contributed by atoms with van der Waals surface area (Å²) >= 11 is 0. The zero-order valence-electron chi connectivity index (χ0n) is 13.6. The fraction of sp³-hybridized carbons (Fsp3) is 0.611. The number of fused-ring (bicyclic) bond motifs is 2. The van der Waals surface area contributed by atoms with Crippen LogP contribution in [0.25, 0.3) is 0 Å². The van der Waals surface area contributed by atoms with Crippen molar-refractivity contribution in [3.63, 3.8) is 0 Å². The van der Waals surface area contributed by atoms with E-state index in [9.17, 15) is 5.11 Å². The van der Waals surface area contributed by atoms with Crippen LogP contribution < -0.4 is 0 Å². The molecule has 3 rings (SSSR count). The number of nitrogens with zero attached hydrogens (tertiary/aromatic N) is 1. The summed E-state index contributed by atoms with van der Waals surface area (Å²) in [7, 11) is -1.00. The Hall–Kier alpha value is -1.09. The molecule has 0 aliphatic heterocycles. The van der Waals surface area contributed by atoms with Gasteiger partial charge in [-0.05, 0) is 55.2 Å². The number of aliphatic imine (C=N–C) groups is 1. The van der Waals surface area contributed by atoms with Gasteiger partial charge in [0, 0.05) is 19.9 Å². The molecule has 3 heteroatoms. The number of hydrogen-bond donors (Lipinski definition) is 1. The molecule has 0 saturated heterocycles. The minimum atomic E-state index is -1.00. The lowest BCUT2D eigenvalue weighted by atomic mass is 9.95. The van der Waals surface area contributed by atoms with Crippen molar-refractivity contribution in [3.8, 4) is 5.75 Å². The molecule has 1 aromatic carbocycles. The predicted molar refractivity (Wildman–Crippen MR) is 92.2 cm³/mol. The molecule has 4 atom stereocenters. The molecule has 114 valence electrons. The summed E-state index contributed by atoms with van der Waals surface area (Å²) in [6.45, 7) is 9.48. The minimum absolute atomic E-state index is 0.379. The van der Waals surface area contributed by atoms with Crippen LogP contribution in [0.1, 0.15) is 30.4 Å². The molecule has 0 aromatic heterocycles. The molecule has 2 nitrogen and oxygen atoms in total. The first-order valence-corrected chi connectivity index (χ1v) is 11.8. The van der Waals surface area contributed by atoms with E-state index >= 15 is 0 Å². The van der Waals surface area contributed by atoms with Crippen LogP contribution in [0.3, 0.4) is 0 Å². The summed E-state index contributed by atoms with van der Waals surface area (Å²) in [5.74, 6) is 2.08. The Morgan fingerprint density at radius 1 is 1.14 bits per heavy atom. The Kier molecular flexibility index (Phi) is 3.72. The first-order chi connectivity index (χ1) is 9.86. The molecule has 4 unspecified atom stereocenters. The van der Waals surface area contributed by atoms with Crippen molar-refractivity contribution in [2.45, 2.75) is 57.4 Å². The van der Waals surface area contributed by atoms with Crippen LogP contribution in [0.2, 0.25) is 25.2 Å². The summed E-state index contributed by atoms with van der Waals surface area (Å²) in [4.78, 5) is 4.82. The summed E-state index contributed by atoms with van der Waals surface area (Å²) in [5.41, 5.74) is 2.78. The van der Waals surface area contributed by atoms with Gasteiger partial charge in [-0.3, -0.25) is 4.99 Å². The van der Waals surface area contributed by atoms with E-state index in [-0.39, 0.29) is 0 Å². The van der Waals surface area contributed by atoms with Gasteiger partial charge < -0.3 is 5.11 Å². The standard InChI is InChI=1S/C18H27NOSi/c1-12-6-5-7-13(18(12)20)11-19-16-9-15-8-14(16)10-17(15)21(2,3)4/h5-7,11,14-17,20H,8-10H2,1-4H3. The Morgan fingerprint density at radius 2 is 1.90 bits per heavy atom. The molecule has 0 radical (unpaired) electrons.